The molecule has 2 N–H and O–H groups in total. The maximum absolute atomic E-state index is 12.4. The summed E-state index contributed by atoms with van der Waals surface area (Å²) in [6.45, 7) is 2.10. The average molecular weight is 399 g/mol. The van der Waals surface area contributed by atoms with Crippen molar-refractivity contribution >= 4 is 27.9 Å². The summed E-state index contributed by atoms with van der Waals surface area (Å²) in [6, 6.07) is 4.35. The number of rotatable bonds is 6. The summed E-state index contributed by atoms with van der Waals surface area (Å²) in [7, 11) is 3.09. The number of hydrogen-bond donors (Lipinski definition) is 2. The van der Waals surface area contributed by atoms with Gasteiger partial charge in [0.2, 0.25) is 0 Å². The molecule has 0 aromatic heterocycles. The van der Waals surface area contributed by atoms with Gasteiger partial charge >= 0.3 is 12.0 Å². The van der Waals surface area contributed by atoms with Crippen LogP contribution in [0.15, 0.2) is 33.9 Å². The van der Waals surface area contributed by atoms with E-state index in [2.05, 4.69) is 26.6 Å². The van der Waals surface area contributed by atoms with E-state index < -0.39 is 12.0 Å². The molecule has 0 fully saturated rings. The second kappa shape index (κ2) is 8.16. The van der Waals surface area contributed by atoms with Crippen molar-refractivity contribution in [3.63, 3.8) is 0 Å². The molecule has 0 radical (unpaired) electrons. The van der Waals surface area contributed by atoms with Crippen LogP contribution in [0.25, 0.3) is 0 Å². The third kappa shape index (κ3) is 4.07. The minimum atomic E-state index is -0.615. The number of nitrogens with one attached hydrogen (secondary N) is 2. The normalized spacial score (nSPS) is 17.2. The van der Waals surface area contributed by atoms with Crippen molar-refractivity contribution in [3.05, 3.63) is 39.5 Å². The fraction of sp³-hybridized carbons (Fsp3) is 0.375. The molecule has 0 aliphatic carbocycles. The van der Waals surface area contributed by atoms with Gasteiger partial charge in [-0.05, 0) is 40.5 Å². The monoisotopic (exact) mass is 398 g/mol. The van der Waals surface area contributed by atoms with E-state index >= 15 is 0 Å². The third-order valence-electron chi connectivity index (χ3n) is 3.52. The van der Waals surface area contributed by atoms with E-state index in [1.165, 1.54) is 7.11 Å². The highest BCUT2D eigenvalue weighted by atomic mass is 79.9. The summed E-state index contributed by atoms with van der Waals surface area (Å²) >= 11 is 3.41. The van der Waals surface area contributed by atoms with E-state index in [9.17, 15) is 9.59 Å². The maximum atomic E-state index is 12.4. The van der Waals surface area contributed by atoms with Crippen molar-refractivity contribution < 1.29 is 23.8 Å². The first-order chi connectivity index (χ1) is 11.5. The lowest BCUT2D eigenvalue weighted by atomic mass is 9.95. The zero-order chi connectivity index (χ0) is 17.7. The summed E-state index contributed by atoms with van der Waals surface area (Å²) in [4.78, 5) is 24.2. The summed E-state index contributed by atoms with van der Waals surface area (Å²) in [5.41, 5.74) is 1.54. The topological polar surface area (TPSA) is 85.9 Å². The van der Waals surface area contributed by atoms with Crippen LogP contribution in [0.5, 0.6) is 5.75 Å². The molecular formula is C16H19BrN2O5. The standard InChI is InChI=1S/C16H19BrN2O5/c1-9-13(15(20)24-7-6-22-2)14(19-16(21)18-9)10-4-5-12(23-3)11(17)8-10/h4-5,8,14H,6-7H2,1-3H3,(H2,18,19,21)/t14-/m1/s1. The molecular weight excluding hydrogens is 380 g/mol. The largest absolute Gasteiger partial charge is 0.496 e. The van der Waals surface area contributed by atoms with Gasteiger partial charge in [0, 0.05) is 12.8 Å². The minimum Gasteiger partial charge on any atom is -0.496 e. The van der Waals surface area contributed by atoms with Gasteiger partial charge in [0.15, 0.2) is 0 Å². The average Bonchev–Trinajstić information content (AvgIpc) is 2.54. The molecule has 2 rings (SSSR count). The van der Waals surface area contributed by atoms with Gasteiger partial charge in [-0.1, -0.05) is 6.07 Å². The Morgan fingerprint density at radius 1 is 1.29 bits per heavy atom. The summed E-state index contributed by atoms with van der Waals surface area (Å²) in [6.07, 6.45) is 0. The molecule has 7 nitrogen and oxygen atoms in total. The Labute approximate surface area is 148 Å². The number of ether oxygens (including phenoxy) is 3. The number of urea groups is 1. The molecule has 1 aromatic carbocycles. The van der Waals surface area contributed by atoms with Crippen LogP contribution in [0.3, 0.4) is 0 Å². The summed E-state index contributed by atoms with van der Waals surface area (Å²) < 4.78 is 16.0. The molecule has 1 aromatic rings. The van der Waals surface area contributed by atoms with E-state index in [1.54, 1.807) is 32.2 Å². The fourth-order valence-corrected chi connectivity index (χ4v) is 2.93. The van der Waals surface area contributed by atoms with E-state index in [0.717, 1.165) is 10.0 Å². The van der Waals surface area contributed by atoms with Crippen molar-refractivity contribution in [3.8, 4) is 5.75 Å². The summed E-state index contributed by atoms with van der Waals surface area (Å²) in [5.74, 6) is 0.151. The molecule has 0 saturated heterocycles. The number of methoxy groups -OCH3 is 2. The summed E-state index contributed by atoms with van der Waals surface area (Å²) in [5, 5.41) is 5.35. The molecule has 0 unspecified atom stereocenters. The number of allylic oxidation sites excluding steroid dienone is 1. The van der Waals surface area contributed by atoms with Crippen LogP contribution in [0.2, 0.25) is 0 Å². The highest BCUT2D eigenvalue weighted by Gasteiger charge is 2.32. The third-order valence-corrected chi connectivity index (χ3v) is 4.14. The Bertz CT molecular complexity index is 674. The van der Waals surface area contributed by atoms with Crippen LogP contribution >= 0.6 is 15.9 Å². The molecule has 0 saturated carbocycles. The van der Waals surface area contributed by atoms with Gasteiger partial charge in [-0.15, -0.1) is 0 Å². The van der Waals surface area contributed by atoms with Gasteiger partial charge in [-0.25, -0.2) is 9.59 Å². The van der Waals surface area contributed by atoms with Crippen LogP contribution in [0.4, 0.5) is 4.79 Å². The maximum Gasteiger partial charge on any atom is 0.338 e. The van der Waals surface area contributed by atoms with Gasteiger partial charge in [0.05, 0.1) is 29.8 Å². The van der Waals surface area contributed by atoms with Gasteiger partial charge in [-0.2, -0.15) is 0 Å². The van der Waals surface area contributed by atoms with Crippen LogP contribution in [0, 0.1) is 0 Å². The van der Waals surface area contributed by atoms with E-state index in [0.29, 0.717) is 23.6 Å². The minimum absolute atomic E-state index is 0.138. The number of amides is 2. The molecule has 1 aliphatic rings. The van der Waals surface area contributed by atoms with E-state index in [-0.39, 0.29) is 12.6 Å². The number of esters is 1. The highest BCUT2D eigenvalue weighted by Crippen LogP contribution is 2.33. The van der Waals surface area contributed by atoms with Crippen molar-refractivity contribution in [2.45, 2.75) is 13.0 Å². The second-order valence-corrected chi connectivity index (χ2v) is 5.95. The first kappa shape index (κ1) is 18.3. The Kier molecular flexibility index (Phi) is 6.22. The molecule has 0 bridgehead atoms. The molecule has 2 amide bonds. The molecule has 1 atom stereocenters. The molecule has 24 heavy (non-hydrogen) atoms. The van der Waals surface area contributed by atoms with Crippen molar-refractivity contribution in [2.75, 3.05) is 27.4 Å². The smallest absolute Gasteiger partial charge is 0.338 e. The molecule has 8 heteroatoms. The quantitative estimate of drug-likeness (QED) is 0.566. The second-order valence-electron chi connectivity index (χ2n) is 5.09. The number of halogens is 1. The zero-order valence-corrected chi connectivity index (χ0v) is 15.2. The van der Waals surface area contributed by atoms with Crippen LogP contribution in [-0.4, -0.2) is 39.4 Å². The Morgan fingerprint density at radius 3 is 2.67 bits per heavy atom. The van der Waals surface area contributed by atoms with E-state index in [1.807, 2.05) is 0 Å². The number of carbonyl (C=O) groups excluding carboxylic acids is 2. The highest BCUT2D eigenvalue weighted by molar-refractivity contribution is 9.10. The number of benzene rings is 1. The van der Waals surface area contributed by atoms with Crippen LogP contribution in [0.1, 0.15) is 18.5 Å². The molecule has 1 heterocycles. The Hall–Kier alpha value is -2.06. The number of hydrogen-bond acceptors (Lipinski definition) is 5. The van der Waals surface area contributed by atoms with Gasteiger partial charge in [-0.3, -0.25) is 0 Å². The van der Waals surface area contributed by atoms with Gasteiger partial charge < -0.3 is 24.8 Å². The van der Waals surface area contributed by atoms with Crippen molar-refractivity contribution in [1.82, 2.24) is 10.6 Å². The zero-order valence-electron chi connectivity index (χ0n) is 13.6. The lowest BCUT2D eigenvalue weighted by Gasteiger charge is -2.28. The predicted molar refractivity (Wildman–Crippen MR) is 90.6 cm³/mol. The first-order valence-electron chi connectivity index (χ1n) is 7.25. The van der Waals surface area contributed by atoms with Crippen molar-refractivity contribution in [1.29, 1.82) is 0 Å². The van der Waals surface area contributed by atoms with Gasteiger partial charge in [0.25, 0.3) is 0 Å². The lowest BCUT2D eigenvalue weighted by Crippen LogP contribution is -2.45. The molecule has 0 spiro atoms. The molecule has 1 aliphatic heterocycles. The SMILES string of the molecule is COCCOC(=O)C1=C(C)NC(=O)N[C@@H]1c1ccc(OC)c(Br)c1. The fourth-order valence-electron chi connectivity index (χ4n) is 2.37. The first-order valence-corrected chi connectivity index (χ1v) is 8.05. The van der Waals surface area contributed by atoms with Crippen LogP contribution in [-0.2, 0) is 14.3 Å². The Morgan fingerprint density at radius 2 is 2.04 bits per heavy atom. The number of carbonyl (C=O) groups is 2. The lowest BCUT2D eigenvalue weighted by molar-refractivity contribution is -0.140. The van der Waals surface area contributed by atoms with Crippen LogP contribution < -0.4 is 15.4 Å². The van der Waals surface area contributed by atoms with Crippen molar-refractivity contribution in [2.24, 2.45) is 0 Å². The molecule has 130 valence electrons. The Balaban J connectivity index is 2.34. The van der Waals surface area contributed by atoms with E-state index in [4.69, 9.17) is 14.2 Å². The predicted octanol–water partition coefficient (Wildman–Crippen LogP) is 2.28. The van der Waals surface area contributed by atoms with Gasteiger partial charge in [0.1, 0.15) is 12.4 Å².